The first-order valence-corrected chi connectivity index (χ1v) is 15.2. The number of aryl methyl sites for hydroxylation is 1. The molecule has 2 aromatic rings. The first-order valence-electron chi connectivity index (χ1n) is 14.1. The van der Waals surface area contributed by atoms with Crippen LogP contribution in [0.25, 0.3) is 0 Å². The third-order valence-electron chi connectivity index (χ3n) is 7.88. The lowest BCUT2D eigenvalue weighted by atomic mass is 9.85. The Bertz CT molecular complexity index is 1420. The van der Waals surface area contributed by atoms with Crippen LogP contribution in [0.1, 0.15) is 99.3 Å². The lowest BCUT2D eigenvalue weighted by Crippen LogP contribution is -2.40. The number of fused-ring (bicyclic) bond motifs is 1. The number of hydrogen-bond donors (Lipinski definition) is 0. The fourth-order valence-electron chi connectivity index (χ4n) is 5.71. The Morgan fingerprint density at radius 2 is 1.80 bits per heavy atom. The summed E-state index contributed by atoms with van der Waals surface area (Å²) >= 11 is 2.34. The second kappa shape index (κ2) is 11.2. The van der Waals surface area contributed by atoms with Gasteiger partial charge in [0.1, 0.15) is 17.1 Å². The molecule has 0 bridgehead atoms. The average Bonchev–Trinajstić information content (AvgIpc) is 3.69. The predicted molar refractivity (Wildman–Crippen MR) is 162 cm³/mol. The van der Waals surface area contributed by atoms with Crippen molar-refractivity contribution in [3.63, 3.8) is 0 Å². The third kappa shape index (κ3) is 5.90. The van der Waals surface area contributed by atoms with E-state index in [0.717, 1.165) is 51.6 Å². The van der Waals surface area contributed by atoms with E-state index in [2.05, 4.69) is 40.5 Å². The molecule has 8 heteroatoms. The Morgan fingerprint density at radius 1 is 1.10 bits per heavy atom. The minimum absolute atomic E-state index is 0.0489. The van der Waals surface area contributed by atoms with Crippen molar-refractivity contribution in [1.82, 2.24) is 9.88 Å². The first-order chi connectivity index (χ1) is 19.0. The summed E-state index contributed by atoms with van der Waals surface area (Å²) in [5.74, 6) is 5.50. The molecule has 3 aliphatic rings. The van der Waals surface area contributed by atoms with Gasteiger partial charge in [0.2, 0.25) is 0 Å². The largest absolute Gasteiger partial charge is 0.460 e. The molecule has 2 amide bonds. The van der Waals surface area contributed by atoms with Crippen molar-refractivity contribution in [1.29, 1.82) is 0 Å². The Kier molecular flexibility index (Phi) is 7.97. The fraction of sp³-hybridized carbons (Fsp3) is 0.500. The van der Waals surface area contributed by atoms with E-state index in [1.54, 1.807) is 11.8 Å². The van der Waals surface area contributed by atoms with Gasteiger partial charge in [-0.1, -0.05) is 12.0 Å². The SMILES string of the molecule is CC#CC(=O)N(c1ccc2c(n1)C(=O)N([C@H]1CC[C@H](C(=O)OC(C)(C)C)CC1)C2)c1cc(C)c(I)cc1C1CC1. The number of carbonyl (C=O) groups excluding carboxylic acids is 3. The molecular formula is C32H36IN3O4. The van der Waals surface area contributed by atoms with Crippen LogP contribution in [0.5, 0.6) is 0 Å². The summed E-state index contributed by atoms with van der Waals surface area (Å²) < 4.78 is 6.75. The predicted octanol–water partition coefficient (Wildman–Crippen LogP) is 6.42. The molecule has 0 unspecified atom stereocenters. The molecule has 0 atom stereocenters. The molecular weight excluding hydrogens is 617 g/mol. The highest BCUT2D eigenvalue weighted by Gasteiger charge is 2.39. The normalized spacial score (nSPS) is 20.4. The summed E-state index contributed by atoms with van der Waals surface area (Å²) in [6, 6.07) is 7.99. The molecule has 2 fully saturated rings. The zero-order valence-electron chi connectivity index (χ0n) is 23.8. The maximum Gasteiger partial charge on any atom is 0.309 e. The number of ether oxygens (including phenoxy) is 1. The second-order valence-electron chi connectivity index (χ2n) is 12.1. The summed E-state index contributed by atoms with van der Waals surface area (Å²) in [5.41, 5.74) is 3.75. The van der Waals surface area contributed by atoms with E-state index in [9.17, 15) is 14.4 Å². The molecule has 0 spiro atoms. The van der Waals surface area contributed by atoms with Crippen molar-refractivity contribution in [2.45, 2.75) is 97.2 Å². The molecule has 1 aliphatic heterocycles. The first kappa shape index (κ1) is 28.6. The van der Waals surface area contributed by atoms with Crippen LogP contribution in [0.2, 0.25) is 0 Å². The molecule has 0 saturated heterocycles. The van der Waals surface area contributed by atoms with Crippen LogP contribution in [0.4, 0.5) is 11.5 Å². The molecule has 2 aliphatic carbocycles. The van der Waals surface area contributed by atoms with Gasteiger partial charge in [-0.2, -0.15) is 0 Å². The smallest absolute Gasteiger partial charge is 0.309 e. The molecule has 2 saturated carbocycles. The summed E-state index contributed by atoms with van der Waals surface area (Å²) in [7, 11) is 0. The van der Waals surface area contributed by atoms with Gasteiger partial charge in [-0.25, -0.2) is 4.98 Å². The van der Waals surface area contributed by atoms with Crippen LogP contribution < -0.4 is 4.90 Å². The number of pyridine rings is 1. The van der Waals surface area contributed by atoms with Gasteiger partial charge in [0.25, 0.3) is 5.91 Å². The van der Waals surface area contributed by atoms with Crippen molar-refractivity contribution in [2.24, 2.45) is 5.92 Å². The van der Waals surface area contributed by atoms with Gasteiger partial charge in [0.05, 0.1) is 11.6 Å². The number of esters is 1. The molecule has 1 aromatic carbocycles. The highest BCUT2D eigenvalue weighted by molar-refractivity contribution is 14.1. The topological polar surface area (TPSA) is 79.8 Å². The minimum Gasteiger partial charge on any atom is -0.460 e. The molecule has 0 radical (unpaired) electrons. The number of anilines is 2. The lowest BCUT2D eigenvalue weighted by Gasteiger charge is -2.34. The summed E-state index contributed by atoms with van der Waals surface area (Å²) in [4.78, 5) is 47.8. The zero-order chi connectivity index (χ0) is 28.8. The van der Waals surface area contributed by atoms with Gasteiger partial charge >= 0.3 is 11.9 Å². The van der Waals surface area contributed by atoms with Crippen molar-refractivity contribution in [3.05, 3.63) is 50.2 Å². The van der Waals surface area contributed by atoms with E-state index >= 15 is 0 Å². The Balaban J connectivity index is 1.39. The number of rotatable bonds is 5. The van der Waals surface area contributed by atoms with E-state index in [4.69, 9.17) is 9.72 Å². The minimum atomic E-state index is -0.502. The molecule has 40 heavy (non-hydrogen) atoms. The van der Waals surface area contributed by atoms with Crippen molar-refractivity contribution < 1.29 is 19.1 Å². The summed E-state index contributed by atoms with van der Waals surface area (Å²) in [6.07, 6.45) is 5.09. The quantitative estimate of drug-likeness (QED) is 0.212. The standard InChI is InChI=1S/C32H36IN3O4/c1-6-7-28(37)36(26-16-19(2)25(33)17-24(26)20-8-9-20)27-15-12-22-18-35(30(38)29(22)34-27)23-13-10-21(11-14-23)31(39)40-32(3,4)5/h12,15-17,20-21,23H,8-11,13-14,18H2,1-5H3/t21-,23-. The molecule has 1 aromatic heterocycles. The number of aromatic nitrogens is 1. The van der Waals surface area contributed by atoms with Crippen LogP contribution in [-0.4, -0.2) is 39.3 Å². The molecule has 7 nitrogen and oxygen atoms in total. The van der Waals surface area contributed by atoms with Crippen LogP contribution in [-0.2, 0) is 20.9 Å². The number of hydrogen-bond acceptors (Lipinski definition) is 5. The third-order valence-corrected chi connectivity index (χ3v) is 9.04. The number of halogens is 1. The van der Waals surface area contributed by atoms with Crippen LogP contribution in [0, 0.1) is 28.3 Å². The van der Waals surface area contributed by atoms with E-state index < -0.39 is 5.60 Å². The van der Waals surface area contributed by atoms with E-state index in [1.807, 2.05) is 50.8 Å². The Hall–Kier alpha value is -2.93. The molecule has 2 heterocycles. The monoisotopic (exact) mass is 653 g/mol. The van der Waals surface area contributed by atoms with Gasteiger partial charge < -0.3 is 9.64 Å². The Labute approximate surface area is 250 Å². The molecule has 0 N–H and O–H groups in total. The van der Waals surface area contributed by atoms with Gasteiger partial charge in [-0.05, 0) is 137 Å². The number of carbonyl (C=O) groups is 3. The van der Waals surface area contributed by atoms with Gasteiger partial charge in [-0.3, -0.25) is 19.3 Å². The maximum absolute atomic E-state index is 13.6. The fourth-order valence-corrected chi connectivity index (χ4v) is 6.20. The van der Waals surface area contributed by atoms with Crippen LogP contribution in [0.3, 0.4) is 0 Å². The number of benzene rings is 1. The average molecular weight is 654 g/mol. The zero-order valence-corrected chi connectivity index (χ0v) is 26.0. The van der Waals surface area contributed by atoms with Crippen molar-refractivity contribution >= 4 is 51.9 Å². The van der Waals surface area contributed by atoms with Crippen molar-refractivity contribution in [2.75, 3.05) is 4.90 Å². The summed E-state index contributed by atoms with van der Waals surface area (Å²) in [6.45, 7) is 9.81. The maximum atomic E-state index is 13.6. The van der Waals surface area contributed by atoms with Gasteiger partial charge in [-0.15, -0.1) is 0 Å². The van der Waals surface area contributed by atoms with E-state index in [-0.39, 0.29) is 29.7 Å². The molecule has 5 rings (SSSR count). The van der Waals surface area contributed by atoms with Gasteiger partial charge in [0.15, 0.2) is 0 Å². The van der Waals surface area contributed by atoms with E-state index in [0.29, 0.717) is 36.8 Å². The number of nitrogens with zero attached hydrogens (tertiary/aromatic N) is 3. The van der Waals surface area contributed by atoms with E-state index in [1.165, 1.54) is 0 Å². The second-order valence-corrected chi connectivity index (χ2v) is 13.3. The van der Waals surface area contributed by atoms with Crippen LogP contribution >= 0.6 is 22.6 Å². The van der Waals surface area contributed by atoms with Gasteiger partial charge in [0, 0.05) is 21.7 Å². The molecule has 210 valence electrons. The highest BCUT2D eigenvalue weighted by atomic mass is 127. The summed E-state index contributed by atoms with van der Waals surface area (Å²) in [5, 5.41) is 0. The lowest BCUT2D eigenvalue weighted by molar-refractivity contribution is -0.161. The van der Waals surface area contributed by atoms with Crippen LogP contribution in [0.15, 0.2) is 24.3 Å². The number of amides is 2. The highest BCUT2D eigenvalue weighted by Crippen LogP contribution is 2.47. The van der Waals surface area contributed by atoms with Crippen molar-refractivity contribution in [3.8, 4) is 11.8 Å². The Morgan fingerprint density at radius 3 is 2.42 bits per heavy atom.